The van der Waals surface area contributed by atoms with Crippen LogP contribution >= 0.6 is 0 Å². The Morgan fingerprint density at radius 2 is 2.25 bits per heavy atom. The maximum absolute atomic E-state index is 5.41. The molecule has 1 atom stereocenters. The molecule has 1 aromatic heterocycles. The van der Waals surface area contributed by atoms with Gasteiger partial charge < -0.3 is 4.74 Å². The predicted molar refractivity (Wildman–Crippen MR) is 49.0 cm³/mol. The van der Waals surface area contributed by atoms with Crippen molar-refractivity contribution in [1.82, 2.24) is 4.98 Å². The first-order valence-electron chi connectivity index (χ1n) is 4.28. The second kappa shape index (κ2) is 4.21. The summed E-state index contributed by atoms with van der Waals surface area (Å²) in [6.07, 6.45) is 1.97. The van der Waals surface area contributed by atoms with Gasteiger partial charge in [-0.05, 0) is 32.4 Å². The van der Waals surface area contributed by atoms with E-state index in [1.54, 1.807) is 0 Å². The summed E-state index contributed by atoms with van der Waals surface area (Å²) in [5.74, 6) is 0. The van der Waals surface area contributed by atoms with E-state index in [0.717, 1.165) is 12.3 Å². The van der Waals surface area contributed by atoms with Crippen LogP contribution in [-0.4, -0.2) is 11.6 Å². The lowest BCUT2D eigenvalue weighted by Crippen LogP contribution is -2.01. The van der Waals surface area contributed by atoms with E-state index in [1.165, 1.54) is 5.56 Å². The monoisotopic (exact) mass is 165 g/mol. The molecule has 1 unspecified atom stereocenters. The van der Waals surface area contributed by atoms with Crippen molar-refractivity contribution in [3.05, 3.63) is 29.6 Å². The highest BCUT2D eigenvalue weighted by Crippen LogP contribution is 2.13. The molecule has 0 amide bonds. The normalized spacial score (nSPS) is 12.9. The first kappa shape index (κ1) is 9.20. The van der Waals surface area contributed by atoms with E-state index in [1.807, 2.05) is 33.0 Å². The number of rotatable bonds is 3. The van der Waals surface area contributed by atoms with Gasteiger partial charge in [-0.1, -0.05) is 6.07 Å². The Bertz CT molecular complexity index is 230. The lowest BCUT2D eigenvalue weighted by Gasteiger charge is -2.10. The van der Waals surface area contributed by atoms with E-state index in [0.29, 0.717) is 0 Å². The lowest BCUT2D eigenvalue weighted by atomic mass is 10.2. The number of nitrogens with zero attached hydrogens (tertiary/aromatic N) is 1. The van der Waals surface area contributed by atoms with Gasteiger partial charge in [-0.2, -0.15) is 0 Å². The molecule has 2 heteroatoms. The summed E-state index contributed by atoms with van der Waals surface area (Å²) in [5.41, 5.74) is 2.19. The van der Waals surface area contributed by atoms with E-state index < -0.39 is 0 Å². The van der Waals surface area contributed by atoms with Crippen molar-refractivity contribution >= 4 is 0 Å². The molecular formula is C10H15NO. The number of ether oxygens (including phenoxy) is 1. The molecule has 0 bridgehead atoms. The Morgan fingerprint density at radius 1 is 1.50 bits per heavy atom. The molecule has 0 fully saturated rings. The van der Waals surface area contributed by atoms with E-state index in [-0.39, 0.29) is 6.10 Å². The van der Waals surface area contributed by atoms with Gasteiger partial charge in [-0.25, -0.2) is 0 Å². The number of hydrogen-bond donors (Lipinski definition) is 0. The standard InChI is InChI=1S/C10H15NO/c1-4-12-9(3)10-6-5-8(2)7-11-10/h5-7,9H,4H2,1-3H3. The fourth-order valence-corrected chi connectivity index (χ4v) is 1.06. The molecular weight excluding hydrogens is 150 g/mol. The van der Waals surface area contributed by atoms with Gasteiger partial charge in [0, 0.05) is 12.8 Å². The summed E-state index contributed by atoms with van der Waals surface area (Å²) >= 11 is 0. The molecule has 1 rings (SSSR count). The molecule has 66 valence electrons. The molecule has 0 spiro atoms. The van der Waals surface area contributed by atoms with Gasteiger partial charge in [0.2, 0.25) is 0 Å². The number of aromatic nitrogens is 1. The Hall–Kier alpha value is -0.890. The topological polar surface area (TPSA) is 22.1 Å². The second-order valence-corrected chi connectivity index (χ2v) is 2.86. The van der Waals surface area contributed by atoms with Gasteiger partial charge in [-0.15, -0.1) is 0 Å². The number of hydrogen-bond acceptors (Lipinski definition) is 2. The van der Waals surface area contributed by atoms with Gasteiger partial charge in [0.25, 0.3) is 0 Å². The number of aryl methyl sites for hydroxylation is 1. The van der Waals surface area contributed by atoms with Gasteiger partial charge in [0.05, 0.1) is 11.8 Å². The maximum atomic E-state index is 5.41. The van der Waals surface area contributed by atoms with Crippen molar-refractivity contribution in [3.63, 3.8) is 0 Å². The van der Waals surface area contributed by atoms with Gasteiger partial charge >= 0.3 is 0 Å². The highest BCUT2D eigenvalue weighted by Gasteiger charge is 2.04. The zero-order valence-corrected chi connectivity index (χ0v) is 7.87. The van der Waals surface area contributed by atoms with Crippen molar-refractivity contribution < 1.29 is 4.74 Å². The summed E-state index contributed by atoms with van der Waals surface area (Å²) in [4.78, 5) is 4.27. The third-order valence-electron chi connectivity index (χ3n) is 1.77. The molecule has 0 aromatic carbocycles. The van der Waals surface area contributed by atoms with Crippen molar-refractivity contribution in [1.29, 1.82) is 0 Å². The van der Waals surface area contributed by atoms with Crippen LogP contribution in [0.2, 0.25) is 0 Å². The first-order chi connectivity index (χ1) is 5.74. The Balaban J connectivity index is 2.68. The highest BCUT2D eigenvalue weighted by molar-refractivity contribution is 5.13. The minimum absolute atomic E-state index is 0.107. The van der Waals surface area contributed by atoms with Crippen LogP contribution in [0.15, 0.2) is 18.3 Å². The molecule has 2 nitrogen and oxygen atoms in total. The van der Waals surface area contributed by atoms with Crippen LogP contribution in [0.3, 0.4) is 0 Å². The van der Waals surface area contributed by atoms with Crippen molar-refractivity contribution in [2.75, 3.05) is 6.61 Å². The van der Waals surface area contributed by atoms with Crippen LogP contribution in [0, 0.1) is 6.92 Å². The van der Waals surface area contributed by atoms with Crippen LogP contribution in [0.4, 0.5) is 0 Å². The van der Waals surface area contributed by atoms with Gasteiger partial charge in [-0.3, -0.25) is 4.98 Å². The molecule has 1 aromatic rings. The van der Waals surface area contributed by atoms with E-state index in [2.05, 4.69) is 11.1 Å². The van der Waals surface area contributed by atoms with Gasteiger partial charge in [0.1, 0.15) is 0 Å². The SMILES string of the molecule is CCOC(C)c1ccc(C)cn1. The van der Waals surface area contributed by atoms with Crippen LogP contribution in [0.5, 0.6) is 0 Å². The van der Waals surface area contributed by atoms with Crippen molar-refractivity contribution in [2.24, 2.45) is 0 Å². The molecule has 0 saturated carbocycles. The van der Waals surface area contributed by atoms with Crippen LogP contribution in [0.1, 0.15) is 31.2 Å². The van der Waals surface area contributed by atoms with Crippen LogP contribution in [0.25, 0.3) is 0 Å². The van der Waals surface area contributed by atoms with E-state index >= 15 is 0 Å². The maximum Gasteiger partial charge on any atom is 0.0966 e. The Labute approximate surface area is 73.6 Å². The molecule has 0 aliphatic rings. The molecule has 0 aliphatic heterocycles. The van der Waals surface area contributed by atoms with Crippen molar-refractivity contribution in [2.45, 2.75) is 26.9 Å². The minimum atomic E-state index is 0.107. The summed E-state index contributed by atoms with van der Waals surface area (Å²) in [7, 11) is 0. The highest BCUT2D eigenvalue weighted by atomic mass is 16.5. The molecule has 0 aliphatic carbocycles. The Morgan fingerprint density at radius 3 is 2.75 bits per heavy atom. The predicted octanol–water partition coefficient (Wildman–Crippen LogP) is 2.49. The Kier molecular flexibility index (Phi) is 3.23. The van der Waals surface area contributed by atoms with Crippen LogP contribution in [-0.2, 0) is 4.74 Å². The quantitative estimate of drug-likeness (QED) is 0.686. The summed E-state index contributed by atoms with van der Waals surface area (Å²) in [5, 5.41) is 0. The molecule has 0 radical (unpaired) electrons. The average molecular weight is 165 g/mol. The smallest absolute Gasteiger partial charge is 0.0966 e. The first-order valence-corrected chi connectivity index (χ1v) is 4.28. The molecule has 0 N–H and O–H groups in total. The third kappa shape index (κ3) is 2.31. The summed E-state index contributed by atoms with van der Waals surface area (Å²) < 4.78 is 5.41. The largest absolute Gasteiger partial charge is 0.373 e. The molecule has 12 heavy (non-hydrogen) atoms. The fourth-order valence-electron chi connectivity index (χ4n) is 1.06. The van der Waals surface area contributed by atoms with E-state index in [4.69, 9.17) is 4.74 Å². The minimum Gasteiger partial charge on any atom is -0.373 e. The van der Waals surface area contributed by atoms with Gasteiger partial charge in [0.15, 0.2) is 0 Å². The van der Waals surface area contributed by atoms with Crippen molar-refractivity contribution in [3.8, 4) is 0 Å². The second-order valence-electron chi connectivity index (χ2n) is 2.86. The third-order valence-corrected chi connectivity index (χ3v) is 1.77. The van der Waals surface area contributed by atoms with Crippen LogP contribution < -0.4 is 0 Å². The summed E-state index contributed by atoms with van der Waals surface area (Å²) in [6, 6.07) is 4.06. The average Bonchev–Trinajstić information content (AvgIpc) is 2.06. The zero-order valence-electron chi connectivity index (χ0n) is 7.87. The summed E-state index contributed by atoms with van der Waals surface area (Å²) in [6.45, 7) is 6.77. The lowest BCUT2D eigenvalue weighted by molar-refractivity contribution is 0.0733. The molecule has 1 heterocycles. The zero-order chi connectivity index (χ0) is 8.97. The number of pyridine rings is 1. The fraction of sp³-hybridized carbons (Fsp3) is 0.500. The molecule has 0 saturated heterocycles. The van der Waals surface area contributed by atoms with E-state index in [9.17, 15) is 0 Å².